The van der Waals surface area contributed by atoms with Crippen LogP contribution in [0, 0.1) is 5.41 Å². The van der Waals surface area contributed by atoms with Crippen LogP contribution < -0.4 is 5.73 Å². The van der Waals surface area contributed by atoms with Crippen LogP contribution in [-0.4, -0.2) is 10.8 Å². The Balaban J connectivity index is 2.37. The van der Waals surface area contributed by atoms with E-state index in [1.807, 2.05) is 24.3 Å². The number of amidine groups is 1. The van der Waals surface area contributed by atoms with Gasteiger partial charge in [-0.2, -0.15) is 0 Å². The standard InChI is InChI=1S/C10H8BrN3S/c11-7-3-1-6(2-4-7)10-14-5-8(15-10)9(12)13/h1-5H,(H3,12,13). The minimum Gasteiger partial charge on any atom is -0.383 e. The maximum absolute atomic E-state index is 7.29. The third-order valence-electron chi connectivity index (χ3n) is 1.86. The third kappa shape index (κ3) is 2.24. The number of nitrogens with one attached hydrogen (secondary N) is 1. The molecule has 0 aliphatic carbocycles. The Morgan fingerprint density at radius 2 is 2.00 bits per heavy atom. The number of rotatable bonds is 2. The molecule has 0 aliphatic heterocycles. The third-order valence-corrected chi connectivity index (χ3v) is 3.47. The second-order valence-electron chi connectivity index (χ2n) is 2.95. The second-order valence-corrected chi connectivity index (χ2v) is 4.90. The zero-order valence-electron chi connectivity index (χ0n) is 7.70. The van der Waals surface area contributed by atoms with E-state index in [0.717, 1.165) is 15.0 Å². The van der Waals surface area contributed by atoms with E-state index in [-0.39, 0.29) is 5.84 Å². The lowest BCUT2D eigenvalue weighted by Crippen LogP contribution is -2.08. The van der Waals surface area contributed by atoms with Gasteiger partial charge in [-0.15, -0.1) is 11.3 Å². The summed E-state index contributed by atoms with van der Waals surface area (Å²) < 4.78 is 1.04. The fourth-order valence-electron chi connectivity index (χ4n) is 1.12. The highest BCUT2D eigenvalue weighted by Crippen LogP contribution is 2.25. The monoisotopic (exact) mass is 281 g/mol. The molecule has 0 fully saturated rings. The van der Waals surface area contributed by atoms with Crippen molar-refractivity contribution in [2.45, 2.75) is 0 Å². The molecule has 15 heavy (non-hydrogen) atoms. The van der Waals surface area contributed by atoms with Crippen LogP contribution in [0.15, 0.2) is 34.9 Å². The largest absolute Gasteiger partial charge is 0.383 e. The number of aromatic nitrogens is 1. The minimum atomic E-state index is 0.0656. The first-order chi connectivity index (χ1) is 7.16. The number of nitrogen functional groups attached to an aromatic ring is 1. The average molecular weight is 282 g/mol. The Morgan fingerprint density at radius 3 is 2.53 bits per heavy atom. The predicted octanol–water partition coefficient (Wildman–Crippen LogP) is 2.86. The Bertz CT molecular complexity index is 490. The van der Waals surface area contributed by atoms with Crippen LogP contribution in [0.3, 0.4) is 0 Å². The van der Waals surface area contributed by atoms with Crippen molar-refractivity contribution < 1.29 is 0 Å². The van der Waals surface area contributed by atoms with Gasteiger partial charge in [-0.1, -0.05) is 28.1 Å². The van der Waals surface area contributed by atoms with Crippen LogP contribution in [0.1, 0.15) is 4.88 Å². The molecule has 0 saturated heterocycles. The highest BCUT2D eigenvalue weighted by Gasteiger charge is 2.05. The Morgan fingerprint density at radius 1 is 1.33 bits per heavy atom. The molecule has 0 unspecified atom stereocenters. The molecule has 2 rings (SSSR count). The lowest BCUT2D eigenvalue weighted by Gasteiger charge is -1.95. The van der Waals surface area contributed by atoms with E-state index in [1.54, 1.807) is 6.20 Å². The maximum Gasteiger partial charge on any atom is 0.134 e. The van der Waals surface area contributed by atoms with Crippen LogP contribution in [0.5, 0.6) is 0 Å². The number of hydrogen-bond donors (Lipinski definition) is 2. The van der Waals surface area contributed by atoms with Gasteiger partial charge in [-0.3, -0.25) is 5.41 Å². The first-order valence-electron chi connectivity index (χ1n) is 4.23. The van der Waals surface area contributed by atoms with Crippen LogP contribution >= 0.6 is 27.3 Å². The SMILES string of the molecule is N=C(N)c1cnc(-c2ccc(Br)cc2)s1. The molecular formula is C10H8BrN3S. The lowest BCUT2D eigenvalue weighted by atomic mass is 10.2. The molecule has 2 aromatic rings. The Labute approximate surface area is 99.6 Å². The van der Waals surface area contributed by atoms with Gasteiger partial charge < -0.3 is 5.73 Å². The fourth-order valence-corrected chi connectivity index (χ4v) is 2.17. The molecule has 0 atom stereocenters. The number of hydrogen-bond acceptors (Lipinski definition) is 3. The van der Waals surface area contributed by atoms with E-state index < -0.39 is 0 Å². The number of halogens is 1. The summed E-state index contributed by atoms with van der Waals surface area (Å²) in [4.78, 5) is 4.92. The maximum atomic E-state index is 7.29. The van der Waals surface area contributed by atoms with Crippen molar-refractivity contribution in [2.24, 2.45) is 5.73 Å². The Kier molecular flexibility index (Phi) is 2.83. The van der Waals surface area contributed by atoms with Crippen molar-refractivity contribution in [3.05, 3.63) is 39.8 Å². The first kappa shape index (κ1) is 10.3. The summed E-state index contributed by atoms with van der Waals surface area (Å²) in [5, 5.41) is 8.17. The van der Waals surface area contributed by atoms with E-state index in [4.69, 9.17) is 11.1 Å². The van der Waals surface area contributed by atoms with Crippen LogP contribution in [0.4, 0.5) is 0 Å². The molecule has 3 nitrogen and oxygen atoms in total. The molecular weight excluding hydrogens is 274 g/mol. The van der Waals surface area contributed by atoms with E-state index in [1.165, 1.54) is 11.3 Å². The summed E-state index contributed by atoms with van der Waals surface area (Å²) in [6.45, 7) is 0. The normalized spacial score (nSPS) is 10.2. The molecule has 1 aromatic heterocycles. The summed E-state index contributed by atoms with van der Waals surface area (Å²) >= 11 is 4.80. The smallest absolute Gasteiger partial charge is 0.134 e. The number of benzene rings is 1. The molecule has 5 heteroatoms. The van der Waals surface area contributed by atoms with Crippen molar-refractivity contribution in [1.29, 1.82) is 5.41 Å². The Hall–Kier alpha value is -1.20. The van der Waals surface area contributed by atoms with Gasteiger partial charge >= 0.3 is 0 Å². The lowest BCUT2D eigenvalue weighted by molar-refractivity contribution is 1.38. The van der Waals surface area contributed by atoms with Crippen molar-refractivity contribution in [3.63, 3.8) is 0 Å². The molecule has 3 N–H and O–H groups in total. The van der Waals surface area contributed by atoms with E-state index in [0.29, 0.717) is 4.88 Å². The zero-order chi connectivity index (χ0) is 10.8. The molecule has 0 aliphatic rings. The van der Waals surface area contributed by atoms with E-state index in [9.17, 15) is 0 Å². The quantitative estimate of drug-likeness (QED) is 0.657. The second kappa shape index (κ2) is 4.12. The van der Waals surface area contributed by atoms with Gasteiger partial charge in [0.1, 0.15) is 10.8 Å². The molecule has 0 saturated carbocycles. The fraction of sp³-hybridized carbons (Fsp3) is 0. The number of thiazole rings is 1. The molecule has 0 amide bonds. The average Bonchev–Trinajstić information content (AvgIpc) is 2.68. The van der Waals surface area contributed by atoms with Gasteiger partial charge in [0.15, 0.2) is 0 Å². The predicted molar refractivity (Wildman–Crippen MR) is 66.3 cm³/mol. The van der Waals surface area contributed by atoms with Gasteiger partial charge in [0.25, 0.3) is 0 Å². The minimum absolute atomic E-state index is 0.0656. The molecule has 0 spiro atoms. The summed E-state index contributed by atoms with van der Waals surface area (Å²) in [6.07, 6.45) is 1.63. The van der Waals surface area contributed by atoms with Crippen molar-refractivity contribution in [2.75, 3.05) is 0 Å². The molecule has 1 aromatic carbocycles. The summed E-state index contributed by atoms with van der Waals surface area (Å²) in [5.74, 6) is 0.0656. The van der Waals surface area contributed by atoms with Gasteiger partial charge in [0, 0.05) is 16.2 Å². The molecule has 0 radical (unpaired) electrons. The zero-order valence-corrected chi connectivity index (χ0v) is 10.1. The summed E-state index contributed by atoms with van der Waals surface area (Å²) in [5.41, 5.74) is 6.41. The van der Waals surface area contributed by atoms with Gasteiger partial charge in [0.2, 0.25) is 0 Å². The topological polar surface area (TPSA) is 62.8 Å². The molecule has 1 heterocycles. The highest BCUT2D eigenvalue weighted by molar-refractivity contribution is 9.10. The van der Waals surface area contributed by atoms with Crippen LogP contribution in [0.25, 0.3) is 10.6 Å². The van der Waals surface area contributed by atoms with Crippen LogP contribution in [-0.2, 0) is 0 Å². The van der Waals surface area contributed by atoms with Crippen molar-refractivity contribution >= 4 is 33.1 Å². The molecule has 76 valence electrons. The highest BCUT2D eigenvalue weighted by atomic mass is 79.9. The summed E-state index contributed by atoms with van der Waals surface area (Å²) in [7, 11) is 0. The van der Waals surface area contributed by atoms with E-state index in [2.05, 4.69) is 20.9 Å². The van der Waals surface area contributed by atoms with Gasteiger partial charge in [-0.25, -0.2) is 4.98 Å². The molecule has 0 bridgehead atoms. The van der Waals surface area contributed by atoms with Crippen molar-refractivity contribution in [3.8, 4) is 10.6 Å². The number of nitrogens with zero attached hydrogens (tertiary/aromatic N) is 1. The van der Waals surface area contributed by atoms with Gasteiger partial charge in [0.05, 0.1) is 4.88 Å². The van der Waals surface area contributed by atoms with Crippen LogP contribution in [0.2, 0.25) is 0 Å². The number of nitrogens with two attached hydrogens (primary N) is 1. The summed E-state index contributed by atoms with van der Waals surface area (Å²) in [6, 6.07) is 7.88. The van der Waals surface area contributed by atoms with Gasteiger partial charge in [-0.05, 0) is 12.1 Å². The van der Waals surface area contributed by atoms with E-state index >= 15 is 0 Å². The first-order valence-corrected chi connectivity index (χ1v) is 5.84. The van der Waals surface area contributed by atoms with Crippen molar-refractivity contribution in [1.82, 2.24) is 4.98 Å².